The molecule has 25 heavy (non-hydrogen) atoms. The Kier molecular flexibility index (Phi) is 2.98. The molecular formula is C20H16N2O3. The standard InChI is InChI=1S/C20H16N2O3/c23-19(11-5-6-11)21-13-7-8-14-12(9-13)10-25-18(14)17-15-3-1-2-4-16(15)22-20(17)24/h1-4,7-9,11H,5-6,10H2,(H,21,23)(H,22,24)/b18-17+. The van der Waals surface area contributed by atoms with Gasteiger partial charge in [-0.05, 0) is 37.1 Å². The number of carbonyl (C=O) groups excluding carboxylic acids is 2. The highest BCUT2D eigenvalue weighted by molar-refractivity contribution is 6.36. The molecule has 0 saturated heterocycles. The summed E-state index contributed by atoms with van der Waals surface area (Å²) in [7, 11) is 0. The quantitative estimate of drug-likeness (QED) is 0.829. The van der Waals surface area contributed by atoms with Crippen LogP contribution in [0.25, 0.3) is 11.3 Å². The summed E-state index contributed by atoms with van der Waals surface area (Å²) < 4.78 is 5.86. The maximum atomic E-state index is 12.4. The molecule has 2 aromatic rings. The molecule has 5 heteroatoms. The largest absolute Gasteiger partial charge is 0.487 e. The lowest BCUT2D eigenvalue weighted by atomic mass is 10.0. The number of nitrogens with one attached hydrogen (secondary N) is 2. The summed E-state index contributed by atoms with van der Waals surface area (Å²) in [5, 5.41) is 5.83. The van der Waals surface area contributed by atoms with Crippen LogP contribution < -0.4 is 10.6 Å². The van der Waals surface area contributed by atoms with Crippen molar-refractivity contribution >= 4 is 34.5 Å². The van der Waals surface area contributed by atoms with E-state index in [1.54, 1.807) is 0 Å². The predicted molar refractivity (Wildman–Crippen MR) is 94.5 cm³/mol. The number of hydrogen-bond donors (Lipinski definition) is 2. The van der Waals surface area contributed by atoms with Crippen molar-refractivity contribution in [3.05, 3.63) is 59.2 Å². The Labute approximate surface area is 144 Å². The van der Waals surface area contributed by atoms with Gasteiger partial charge in [-0.25, -0.2) is 0 Å². The molecule has 0 unspecified atom stereocenters. The molecule has 5 nitrogen and oxygen atoms in total. The number of carbonyl (C=O) groups is 2. The Morgan fingerprint density at radius 2 is 1.96 bits per heavy atom. The minimum Gasteiger partial charge on any atom is -0.487 e. The van der Waals surface area contributed by atoms with Gasteiger partial charge in [0.05, 0.1) is 5.57 Å². The molecule has 2 aromatic carbocycles. The van der Waals surface area contributed by atoms with Gasteiger partial charge in [-0.3, -0.25) is 9.59 Å². The van der Waals surface area contributed by atoms with E-state index >= 15 is 0 Å². The summed E-state index contributed by atoms with van der Waals surface area (Å²) in [6.07, 6.45) is 1.95. The third kappa shape index (κ3) is 2.31. The second kappa shape index (κ2) is 5.21. The van der Waals surface area contributed by atoms with Crippen LogP contribution in [0.3, 0.4) is 0 Å². The zero-order valence-corrected chi connectivity index (χ0v) is 13.5. The summed E-state index contributed by atoms with van der Waals surface area (Å²) in [4.78, 5) is 24.3. The molecule has 2 heterocycles. The molecule has 1 fully saturated rings. The summed E-state index contributed by atoms with van der Waals surface area (Å²) >= 11 is 0. The van der Waals surface area contributed by atoms with E-state index in [-0.39, 0.29) is 17.7 Å². The molecule has 124 valence electrons. The average molecular weight is 332 g/mol. The second-order valence-electron chi connectivity index (χ2n) is 6.63. The minimum atomic E-state index is -0.143. The van der Waals surface area contributed by atoms with Gasteiger partial charge in [-0.2, -0.15) is 0 Å². The fourth-order valence-electron chi connectivity index (χ4n) is 3.38. The highest BCUT2D eigenvalue weighted by atomic mass is 16.5. The number of hydrogen-bond acceptors (Lipinski definition) is 3. The van der Waals surface area contributed by atoms with E-state index in [4.69, 9.17) is 4.74 Å². The maximum absolute atomic E-state index is 12.4. The van der Waals surface area contributed by atoms with Crippen LogP contribution in [0.5, 0.6) is 0 Å². The van der Waals surface area contributed by atoms with Gasteiger partial charge in [0, 0.05) is 34.0 Å². The van der Waals surface area contributed by atoms with E-state index in [1.165, 1.54) is 0 Å². The van der Waals surface area contributed by atoms with Gasteiger partial charge in [0.25, 0.3) is 5.91 Å². The van der Waals surface area contributed by atoms with E-state index in [1.807, 2.05) is 42.5 Å². The molecule has 3 aliphatic rings. The molecule has 0 atom stereocenters. The number of ether oxygens (including phenoxy) is 1. The maximum Gasteiger partial charge on any atom is 0.260 e. The van der Waals surface area contributed by atoms with Gasteiger partial charge in [-0.15, -0.1) is 0 Å². The molecule has 0 spiro atoms. The number of anilines is 2. The van der Waals surface area contributed by atoms with Crippen molar-refractivity contribution in [3.63, 3.8) is 0 Å². The normalized spacial score (nSPS) is 20.6. The fourth-order valence-corrected chi connectivity index (χ4v) is 3.38. The van der Waals surface area contributed by atoms with Gasteiger partial charge in [0.15, 0.2) is 0 Å². The SMILES string of the molecule is O=C1Nc2ccccc2/C1=C1\OCc2cc(NC(=O)C3CC3)ccc21. The monoisotopic (exact) mass is 332 g/mol. The van der Waals surface area contributed by atoms with Crippen LogP contribution in [0, 0.1) is 5.92 Å². The van der Waals surface area contributed by atoms with Gasteiger partial charge in [0.1, 0.15) is 12.4 Å². The Bertz CT molecular complexity index is 957. The van der Waals surface area contributed by atoms with Gasteiger partial charge < -0.3 is 15.4 Å². The Morgan fingerprint density at radius 3 is 2.80 bits per heavy atom. The molecule has 1 saturated carbocycles. The van der Waals surface area contributed by atoms with Gasteiger partial charge >= 0.3 is 0 Å². The number of para-hydroxylation sites is 1. The first kappa shape index (κ1) is 14.3. The van der Waals surface area contributed by atoms with Crippen molar-refractivity contribution in [2.75, 3.05) is 10.6 Å². The van der Waals surface area contributed by atoms with Crippen LogP contribution in [-0.2, 0) is 20.9 Å². The molecule has 2 amide bonds. The third-order valence-electron chi connectivity index (χ3n) is 4.84. The predicted octanol–water partition coefficient (Wildman–Crippen LogP) is 3.39. The van der Waals surface area contributed by atoms with Crippen LogP contribution in [0.1, 0.15) is 29.5 Å². The van der Waals surface area contributed by atoms with Crippen molar-refractivity contribution in [1.29, 1.82) is 0 Å². The summed E-state index contributed by atoms with van der Waals surface area (Å²) in [6, 6.07) is 13.3. The first-order valence-electron chi connectivity index (χ1n) is 8.43. The van der Waals surface area contributed by atoms with E-state index in [0.29, 0.717) is 17.9 Å². The topological polar surface area (TPSA) is 67.4 Å². The van der Waals surface area contributed by atoms with Crippen molar-refractivity contribution in [1.82, 2.24) is 0 Å². The van der Waals surface area contributed by atoms with Crippen LogP contribution in [0.15, 0.2) is 42.5 Å². The molecular weight excluding hydrogens is 316 g/mol. The first-order chi connectivity index (χ1) is 12.2. The Hall–Kier alpha value is -3.08. The second-order valence-corrected chi connectivity index (χ2v) is 6.63. The van der Waals surface area contributed by atoms with E-state index in [9.17, 15) is 9.59 Å². The van der Waals surface area contributed by atoms with Crippen LogP contribution in [0.2, 0.25) is 0 Å². The van der Waals surface area contributed by atoms with Crippen molar-refractivity contribution in [3.8, 4) is 0 Å². The number of benzene rings is 2. The molecule has 0 bridgehead atoms. The summed E-state index contributed by atoms with van der Waals surface area (Å²) in [6.45, 7) is 0.400. The highest BCUT2D eigenvalue weighted by Crippen LogP contribution is 2.42. The first-order valence-corrected chi connectivity index (χ1v) is 8.43. The van der Waals surface area contributed by atoms with Crippen LogP contribution in [0.4, 0.5) is 11.4 Å². The lowest BCUT2D eigenvalue weighted by molar-refractivity contribution is -0.117. The lowest BCUT2D eigenvalue weighted by Gasteiger charge is -2.07. The summed E-state index contributed by atoms with van der Waals surface area (Å²) in [5.41, 5.74) is 4.91. The highest BCUT2D eigenvalue weighted by Gasteiger charge is 2.33. The van der Waals surface area contributed by atoms with Crippen molar-refractivity contribution in [2.45, 2.75) is 19.4 Å². The zero-order valence-electron chi connectivity index (χ0n) is 13.5. The fraction of sp³-hybridized carbons (Fsp3) is 0.200. The average Bonchev–Trinajstić information content (AvgIpc) is 3.31. The van der Waals surface area contributed by atoms with E-state index in [2.05, 4.69) is 10.6 Å². The minimum absolute atomic E-state index is 0.0848. The van der Waals surface area contributed by atoms with Crippen molar-refractivity contribution < 1.29 is 14.3 Å². The third-order valence-corrected chi connectivity index (χ3v) is 4.84. The molecule has 2 aliphatic heterocycles. The number of rotatable bonds is 2. The van der Waals surface area contributed by atoms with E-state index < -0.39 is 0 Å². The zero-order chi connectivity index (χ0) is 17.0. The summed E-state index contributed by atoms with van der Waals surface area (Å²) in [5.74, 6) is 0.718. The van der Waals surface area contributed by atoms with E-state index in [0.717, 1.165) is 40.9 Å². The molecule has 1 aliphatic carbocycles. The number of fused-ring (bicyclic) bond motifs is 2. The molecule has 0 aromatic heterocycles. The molecule has 0 radical (unpaired) electrons. The van der Waals surface area contributed by atoms with Gasteiger partial charge in [-0.1, -0.05) is 18.2 Å². The van der Waals surface area contributed by atoms with Crippen LogP contribution >= 0.6 is 0 Å². The Morgan fingerprint density at radius 1 is 1.12 bits per heavy atom. The van der Waals surface area contributed by atoms with Crippen LogP contribution in [-0.4, -0.2) is 11.8 Å². The smallest absolute Gasteiger partial charge is 0.260 e. The Balaban J connectivity index is 1.53. The van der Waals surface area contributed by atoms with Gasteiger partial charge in [0.2, 0.25) is 5.91 Å². The molecule has 5 rings (SSSR count). The number of amides is 2. The molecule has 2 N–H and O–H groups in total. The van der Waals surface area contributed by atoms with Crippen molar-refractivity contribution in [2.24, 2.45) is 5.92 Å². The lowest BCUT2D eigenvalue weighted by Crippen LogP contribution is -2.13.